The molecule has 30 heavy (non-hydrogen) atoms. The zero-order valence-corrected chi connectivity index (χ0v) is 18.8. The summed E-state index contributed by atoms with van der Waals surface area (Å²) >= 11 is 6.05. The largest absolute Gasteiger partial charge is 0.507 e. The maximum absolute atomic E-state index is 12.8. The first-order valence-corrected chi connectivity index (χ1v) is 12.0. The number of esters is 1. The van der Waals surface area contributed by atoms with Crippen LogP contribution in [0.4, 0.5) is 5.69 Å². The van der Waals surface area contributed by atoms with E-state index in [0.29, 0.717) is 0 Å². The minimum absolute atomic E-state index is 0.0437. The molecule has 0 bridgehead atoms. The Morgan fingerprint density at radius 3 is 2.30 bits per heavy atom. The predicted molar refractivity (Wildman–Crippen MR) is 112 cm³/mol. The van der Waals surface area contributed by atoms with Crippen LogP contribution in [-0.4, -0.2) is 52.4 Å². The van der Waals surface area contributed by atoms with Gasteiger partial charge in [0.1, 0.15) is 16.2 Å². The summed E-state index contributed by atoms with van der Waals surface area (Å²) in [7, 11) is -7.06. The van der Waals surface area contributed by atoms with Crippen molar-refractivity contribution in [1.82, 2.24) is 4.31 Å². The summed E-state index contributed by atoms with van der Waals surface area (Å²) in [6.45, 7) is 3.78. The number of ether oxygens (including phenoxy) is 1. The summed E-state index contributed by atoms with van der Waals surface area (Å²) in [4.78, 5) is 11.1. The van der Waals surface area contributed by atoms with E-state index in [-0.39, 0.29) is 39.2 Å². The molecule has 9 nitrogen and oxygen atoms in total. The molecule has 2 N–H and O–H groups in total. The first kappa shape index (κ1) is 23.9. The van der Waals surface area contributed by atoms with Crippen LogP contribution in [0.3, 0.4) is 0 Å². The molecule has 0 radical (unpaired) electrons. The highest BCUT2D eigenvalue weighted by atomic mass is 35.5. The molecule has 0 spiro atoms. The number of nitrogens with zero attached hydrogens (tertiary/aromatic N) is 1. The number of phenolic OH excluding ortho intramolecular Hbond substituents is 1. The van der Waals surface area contributed by atoms with E-state index in [1.807, 2.05) is 0 Å². The standard InChI is InChI=1S/C18H21ClN2O7S2/c1-4-21(5-2)30(26,27)17-10-12(6-8-15(17)19)20-29(24,25)13-7-9-16(22)14(11-13)18(23)28-3/h6-11,20,22H,4-5H2,1-3H3. The molecule has 0 atom stereocenters. The number of anilines is 1. The molecular weight excluding hydrogens is 456 g/mol. The molecule has 0 amide bonds. The zero-order chi connectivity index (χ0) is 22.7. The number of halogens is 1. The fourth-order valence-electron chi connectivity index (χ4n) is 2.64. The van der Waals surface area contributed by atoms with Crippen LogP contribution in [0, 0.1) is 0 Å². The molecule has 0 aliphatic heterocycles. The van der Waals surface area contributed by atoms with Gasteiger partial charge in [-0.25, -0.2) is 21.6 Å². The van der Waals surface area contributed by atoms with Crippen LogP contribution in [0.2, 0.25) is 5.02 Å². The van der Waals surface area contributed by atoms with Crippen LogP contribution >= 0.6 is 11.6 Å². The summed E-state index contributed by atoms with van der Waals surface area (Å²) in [5.41, 5.74) is -0.376. The molecule has 0 saturated carbocycles. The number of aromatic hydroxyl groups is 1. The summed E-state index contributed by atoms with van der Waals surface area (Å²) in [5, 5.41) is 9.69. The normalized spacial score (nSPS) is 12.0. The smallest absolute Gasteiger partial charge is 0.341 e. The van der Waals surface area contributed by atoms with Gasteiger partial charge in [0.15, 0.2) is 0 Å². The maximum Gasteiger partial charge on any atom is 0.341 e. The average molecular weight is 477 g/mol. The van der Waals surface area contributed by atoms with Gasteiger partial charge in [0.2, 0.25) is 10.0 Å². The molecular formula is C18H21ClN2O7S2. The number of phenols is 1. The number of nitrogens with one attached hydrogen (secondary N) is 1. The van der Waals surface area contributed by atoms with E-state index in [4.69, 9.17) is 11.6 Å². The lowest BCUT2D eigenvalue weighted by Gasteiger charge is -2.20. The van der Waals surface area contributed by atoms with Crippen LogP contribution in [0.25, 0.3) is 0 Å². The Labute approximate surface area is 180 Å². The number of hydrogen-bond donors (Lipinski definition) is 2. The van der Waals surface area contributed by atoms with Crippen molar-refractivity contribution >= 4 is 43.3 Å². The van der Waals surface area contributed by atoms with Crippen molar-refractivity contribution < 1.29 is 31.5 Å². The Morgan fingerprint density at radius 1 is 1.10 bits per heavy atom. The van der Waals surface area contributed by atoms with Crippen LogP contribution < -0.4 is 4.72 Å². The Kier molecular flexibility index (Phi) is 7.35. The van der Waals surface area contributed by atoms with E-state index in [1.54, 1.807) is 13.8 Å². The lowest BCUT2D eigenvalue weighted by Crippen LogP contribution is -2.30. The highest BCUT2D eigenvalue weighted by Gasteiger charge is 2.26. The van der Waals surface area contributed by atoms with Gasteiger partial charge in [0.05, 0.1) is 22.7 Å². The van der Waals surface area contributed by atoms with Crippen molar-refractivity contribution in [3.8, 4) is 5.75 Å². The number of hydrogen-bond acceptors (Lipinski definition) is 7. The van der Waals surface area contributed by atoms with Crippen molar-refractivity contribution in [2.24, 2.45) is 0 Å². The Bertz CT molecular complexity index is 1160. The molecule has 0 fully saturated rings. The van der Waals surface area contributed by atoms with Crippen molar-refractivity contribution in [2.75, 3.05) is 24.9 Å². The number of methoxy groups -OCH3 is 1. The monoisotopic (exact) mass is 476 g/mol. The average Bonchev–Trinajstić information content (AvgIpc) is 2.69. The fourth-order valence-corrected chi connectivity index (χ4v) is 5.67. The van der Waals surface area contributed by atoms with E-state index in [1.165, 1.54) is 16.4 Å². The van der Waals surface area contributed by atoms with Crippen LogP contribution in [0.15, 0.2) is 46.2 Å². The fraction of sp³-hybridized carbons (Fsp3) is 0.278. The third kappa shape index (κ3) is 4.86. The van der Waals surface area contributed by atoms with Crippen molar-refractivity contribution in [1.29, 1.82) is 0 Å². The van der Waals surface area contributed by atoms with Crippen molar-refractivity contribution in [3.63, 3.8) is 0 Å². The topological polar surface area (TPSA) is 130 Å². The first-order chi connectivity index (χ1) is 14.0. The lowest BCUT2D eigenvalue weighted by molar-refractivity contribution is 0.0597. The minimum Gasteiger partial charge on any atom is -0.507 e. The number of carbonyl (C=O) groups is 1. The molecule has 164 valence electrons. The Hall–Kier alpha value is -2.34. The Morgan fingerprint density at radius 2 is 1.73 bits per heavy atom. The molecule has 12 heteroatoms. The second kappa shape index (κ2) is 9.21. The van der Waals surface area contributed by atoms with E-state index >= 15 is 0 Å². The van der Waals surface area contributed by atoms with Crippen LogP contribution in [0.1, 0.15) is 24.2 Å². The van der Waals surface area contributed by atoms with E-state index in [9.17, 15) is 26.7 Å². The van der Waals surface area contributed by atoms with Gasteiger partial charge in [-0.2, -0.15) is 4.31 Å². The molecule has 0 aliphatic carbocycles. The van der Waals surface area contributed by atoms with Gasteiger partial charge in [-0.05, 0) is 36.4 Å². The second-order valence-corrected chi connectivity index (χ2v) is 10.0. The third-order valence-electron chi connectivity index (χ3n) is 4.19. The minimum atomic E-state index is -4.22. The summed E-state index contributed by atoms with van der Waals surface area (Å²) in [6, 6.07) is 6.78. The van der Waals surface area contributed by atoms with Gasteiger partial charge >= 0.3 is 5.97 Å². The van der Waals surface area contributed by atoms with Crippen LogP contribution in [-0.2, 0) is 24.8 Å². The molecule has 2 rings (SSSR count). The predicted octanol–water partition coefficient (Wildman–Crippen LogP) is 2.66. The van der Waals surface area contributed by atoms with E-state index < -0.39 is 31.8 Å². The van der Waals surface area contributed by atoms with Gasteiger partial charge in [-0.15, -0.1) is 0 Å². The molecule has 0 unspecified atom stereocenters. The molecule has 0 saturated heterocycles. The second-order valence-electron chi connectivity index (χ2n) is 6.01. The molecule has 0 aliphatic rings. The van der Waals surface area contributed by atoms with Crippen LogP contribution in [0.5, 0.6) is 5.75 Å². The number of rotatable bonds is 8. The zero-order valence-electron chi connectivity index (χ0n) is 16.4. The summed E-state index contributed by atoms with van der Waals surface area (Å²) in [6.07, 6.45) is 0. The highest BCUT2D eigenvalue weighted by molar-refractivity contribution is 7.92. The molecule has 0 heterocycles. The number of carbonyl (C=O) groups excluding carboxylic acids is 1. The SMILES string of the molecule is CCN(CC)S(=O)(=O)c1cc(NS(=O)(=O)c2ccc(O)c(C(=O)OC)c2)ccc1Cl. The molecule has 0 aromatic heterocycles. The molecule has 2 aromatic rings. The Balaban J connectivity index is 2.47. The number of sulfonamides is 2. The lowest BCUT2D eigenvalue weighted by atomic mass is 10.2. The van der Waals surface area contributed by atoms with E-state index in [2.05, 4.69) is 9.46 Å². The van der Waals surface area contributed by atoms with Gasteiger partial charge in [0, 0.05) is 13.1 Å². The maximum atomic E-state index is 12.8. The summed E-state index contributed by atoms with van der Waals surface area (Å²) in [5.74, 6) is -1.36. The molecule has 2 aromatic carbocycles. The van der Waals surface area contributed by atoms with Gasteiger partial charge in [-0.1, -0.05) is 25.4 Å². The van der Waals surface area contributed by atoms with Gasteiger partial charge in [-0.3, -0.25) is 4.72 Å². The quantitative estimate of drug-likeness (QED) is 0.560. The summed E-state index contributed by atoms with van der Waals surface area (Å²) < 4.78 is 59.0. The van der Waals surface area contributed by atoms with Gasteiger partial charge in [0.25, 0.3) is 10.0 Å². The van der Waals surface area contributed by atoms with E-state index in [0.717, 1.165) is 31.4 Å². The first-order valence-electron chi connectivity index (χ1n) is 8.71. The number of benzene rings is 2. The van der Waals surface area contributed by atoms with Crippen molar-refractivity contribution in [3.05, 3.63) is 47.0 Å². The third-order valence-corrected chi connectivity index (χ3v) is 8.10. The van der Waals surface area contributed by atoms with Gasteiger partial charge < -0.3 is 9.84 Å². The van der Waals surface area contributed by atoms with Crippen molar-refractivity contribution in [2.45, 2.75) is 23.6 Å². The highest BCUT2D eigenvalue weighted by Crippen LogP contribution is 2.29.